The van der Waals surface area contributed by atoms with Crippen molar-refractivity contribution < 1.29 is 14.3 Å². The van der Waals surface area contributed by atoms with Crippen LogP contribution in [-0.2, 0) is 14.3 Å². The lowest BCUT2D eigenvalue weighted by molar-refractivity contribution is -0.145. The van der Waals surface area contributed by atoms with E-state index in [0.717, 1.165) is 18.4 Å². The number of nitrogens with one attached hydrogen (secondary N) is 1. The van der Waals surface area contributed by atoms with Crippen LogP contribution in [0.1, 0.15) is 30.9 Å². The zero-order valence-electron chi connectivity index (χ0n) is 10.4. The molecular formula is C14H17NO3. The number of carbonyl (C=O) groups is 2. The Balaban J connectivity index is 2.05. The quantitative estimate of drug-likeness (QED) is 0.807. The van der Waals surface area contributed by atoms with Gasteiger partial charge in [-0.25, -0.2) is 4.79 Å². The molecule has 4 nitrogen and oxygen atoms in total. The predicted octanol–water partition coefficient (Wildman–Crippen LogP) is 1.82. The number of carbonyl (C=O) groups excluding carboxylic acids is 2. The molecule has 1 saturated carbocycles. The van der Waals surface area contributed by atoms with Gasteiger partial charge in [0.2, 0.25) is 5.91 Å². The molecule has 1 unspecified atom stereocenters. The van der Waals surface area contributed by atoms with Crippen LogP contribution in [0.15, 0.2) is 30.3 Å². The topological polar surface area (TPSA) is 55.4 Å². The molecule has 0 bridgehead atoms. The van der Waals surface area contributed by atoms with Gasteiger partial charge in [0.25, 0.3) is 0 Å². The van der Waals surface area contributed by atoms with E-state index in [4.69, 9.17) is 4.74 Å². The zero-order valence-corrected chi connectivity index (χ0v) is 10.4. The highest BCUT2D eigenvalue weighted by Crippen LogP contribution is 2.32. The van der Waals surface area contributed by atoms with Crippen molar-refractivity contribution in [2.24, 2.45) is 5.92 Å². The molecule has 4 heteroatoms. The lowest BCUT2D eigenvalue weighted by Gasteiger charge is -2.16. The van der Waals surface area contributed by atoms with Gasteiger partial charge in [0, 0.05) is 6.42 Å². The zero-order chi connectivity index (χ0) is 13.0. The molecule has 0 saturated heterocycles. The summed E-state index contributed by atoms with van der Waals surface area (Å²) in [7, 11) is 1.32. The Labute approximate surface area is 106 Å². The number of benzene rings is 1. The van der Waals surface area contributed by atoms with Crippen molar-refractivity contribution in [1.82, 2.24) is 5.32 Å². The fraction of sp³-hybridized carbons (Fsp3) is 0.429. The molecule has 18 heavy (non-hydrogen) atoms. The summed E-state index contributed by atoms with van der Waals surface area (Å²) >= 11 is 0. The van der Waals surface area contributed by atoms with E-state index in [2.05, 4.69) is 5.32 Å². The van der Waals surface area contributed by atoms with Crippen molar-refractivity contribution in [3.8, 4) is 0 Å². The highest BCUT2D eigenvalue weighted by atomic mass is 16.5. The molecule has 0 heterocycles. The van der Waals surface area contributed by atoms with E-state index in [-0.39, 0.29) is 5.91 Å². The molecule has 1 aliphatic rings. The Bertz CT molecular complexity index is 426. The SMILES string of the molecule is COC(=O)C(NC(=O)CC1CC1)c1ccccc1. The van der Waals surface area contributed by atoms with E-state index >= 15 is 0 Å². The number of amides is 1. The molecule has 1 fully saturated rings. The highest BCUT2D eigenvalue weighted by molar-refractivity contribution is 5.85. The summed E-state index contributed by atoms with van der Waals surface area (Å²) in [6, 6.07) is 8.43. The predicted molar refractivity (Wildman–Crippen MR) is 66.7 cm³/mol. The minimum atomic E-state index is -0.706. The Hall–Kier alpha value is -1.84. The highest BCUT2D eigenvalue weighted by Gasteiger charge is 2.28. The van der Waals surface area contributed by atoms with Crippen molar-refractivity contribution in [2.45, 2.75) is 25.3 Å². The maximum Gasteiger partial charge on any atom is 0.333 e. The second kappa shape index (κ2) is 5.67. The Kier molecular flexibility index (Phi) is 3.97. The summed E-state index contributed by atoms with van der Waals surface area (Å²) in [5.74, 6) is -0.0267. The fourth-order valence-electron chi connectivity index (χ4n) is 1.85. The first-order valence-corrected chi connectivity index (χ1v) is 6.13. The normalized spacial score (nSPS) is 15.8. The van der Waals surface area contributed by atoms with Gasteiger partial charge in [-0.1, -0.05) is 30.3 Å². The number of hydrogen-bond donors (Lipinski definition) is 1. The van der Waals surface area contributed by atoms with Gasteiger partial charge in [-0.05, 0) is 24.3 Å². The maximum atomic E-state index is 11.8. The van der Waals surface area contributed by atoms with Crippen LogP contribution in [-0.4, -0.2) is 19.0 Å². The molecule has 0 spiro atoms. The van der Waals surface area contributed by atoms with Gasteiger partial charge in [-0.3, -0.25) is 4.79 Å². The van der Waals surface area contributed by atoms with Crippen LogP contribution < -0.4 is 5.32 Å². The summed E-state index contributed by atoms with van der Waals surface area (Å²) in [4.78, 5) is 23.5. The van der Waals surface area contributed by atoms with Crippen molar-refractivity contribution in [3.63, 3.8) is 0 Å². The number of methoxy groups -OCH3 is 1. The van der Waals surface area contributed by atoms with Crippen molar-refractivity contribution >= 4 is 11.9 Å². The Morgan fingerprint density at radius 1 is 1.33 bits per heavy atom. The van der Waals surface area contributed by atoms with Crippen molar-refractivity contribution in [1.29, 1.82) is 0 Å². The standard InChI is InChI=1S/C14H17NO3/c1-18-14(17)13(11-5-3-2-4-6-11)15-12(16)9-10-7-8-10/h2-6,10,13H,7-9H2,1H3,(H,15,16). The summed E-state index contributed by atoms with van der Waals surface area (Å²) in [6.45, 7) is 0. The van der Waals surface area contributed by atoms with E-state index in [1.165, 1.54) is 7.11 Å². The smallest absolute Gasteiger partial charge is 0.333 e. The van der Waals surface area contributed by atoms with Gasteiger partial charge in [-0.15, -0.1) is 0 Å². The van der Waals surface area contributed by atoms with Gasteiger partial charge >= 0.3 is 5.97 Å². The van der Waals surface area contributed by atoms with E-state index in [9.17, 15) is 9.59 Å². The molecule has 1 atom stereocenters. The van der Waals surface area contributed by atoms with Crippen LogP contribution in [0.5, 0.6) is 0 Å². The van der Waals surface area contributed by atoms with Crippen LogP contribution in [0.2, 0.25) is 0 Å². The average Bonchev–Trinajstić information content (AvgIpc) is 3.20. The van der Waals surface area contributed by atoms with Crippen LogP contribution >= 0.6 is 0 Å². The van der Waals surface area contributed by atoms with E-state index in [0.29, 0.717) is 12.3 Å². The first-order valence-electron chi connectivity index (χ1n) is 6.13. The van der Waals surface area contributed by atoms with Gasteiger partial charge in [0.15, 0.2) is 6.04 Å². The summed E-state index contributed by atoms with van der Waals surface area (Å²) in [6.07, 6.45) is 2.73. The first kappa shape index (κ1) is 12.6. The fourth-order valence-corrected chi connectivity index (χ4v) is 1.85. The Morgan fingerprint density at radius 3 is 2.56 bits per heavy atom. The summed E-state index contributed by atoms with van der Waals surface area (Å²) < 4.78 is 4.73. The number of rotatable bonds is 5. The summed E-state index contributed by atoms with van der Waals surface area (Å²) in [5.41, 5.74) is 0.744. The third-order valence-electron chi connectivity index (χ3n) is 3.05. The first-order chi connectivity index (χ1) is 8.70. The largest absolute Gasteiger partial charge is 0.467 e. The van der Waals surface area contributed by atoms with E-state index in [1.807, 2.05) is 18.2 Å². The molecule has 1 aromatic carbocycles. The number of ether oxygens (including phenoxy) is 1. The third-order valence-corrected chi connectivity index (χ3v) is 3.05. The minimum absolute atomic E-state index is 0.0863. The molecular weight excluding hydrogens is 230 g/mol. The molecule has 0 aromatic heterocycles. The molecule has 0 radical (unpaired) electrons. The van der Waals surface area contributed by atoms with E-state index < -0.39 is 12.0 Å². The minimum Gasteiger partial charge on any atom is -0.467 e. The van der Waals surface area contributed by atoms with Crippen LogP contribution in [0.4, 0.5) is 0 Å². The number of hydrogen-bond acceptors (Lipinski definition) is 3. The van der Waals surface area contributed by atoms with Gasteiger partial charge in [-0.2, -0.15) is 0 Å². The van der Waals surface area contributed by atoms with Crippen LogP contribution in [0.3, 0.4) is 0 Å². The van der Waals surface area contributed by atoms with Gasteiger partial charge in [0.05, 0.1) is 7.11 Å². The van der Waals surface area contributed by atoms with E-state index in [1.54, 1.807) is 12.1 Å². The van der Waals surface area contributed by atoms with Gasteiger partial charge in [0.1, 0.15) is 0 Å². The molecule has 2 rings (SSSR count). The lowest BCUT2D eigenvalue weighted by Crippen LogP contribution is -2.34. The molecule has 1 aliphatic carbocycles. The maximum absolute atomic E-state index is 11.8. The number of esters is 1. The van der Waals surface area contributed by atoms with Crippen LogP contribution in [0.25, 0.3) is 0 Å². The average molecular weight is 247 g/mol. The molecule has 96 valence electrons. The Morgan fingerprint density at radius 2 is 2.00 bits per heavy atom. The second-order valence-electron chi connectivity index (χ2n) is 4.58. The van der Waals surface area contributed by atoms with Gasteiger partial charge < -0.3 is 10.1 Å². The van der Waals surface area contributed by atoms with Crippen molar-refractivity contribution in [3.05, 3.63) is 35.9 Å². The van der Waals surface area contributed by atoms with Crippen LogP contribution in [0, 0.1) is 5.92 Å². The molecule has 1 aromatic rings. The monoisotopic (exact) mass is 247 g/mol. The summed E-state index contributed by atoms with van der Waals surface area (Å²) in [5, 5.41) is 2.74. The lowest BCUT2D eigenvalue weighted by atomic mass is 10.1. The third kappa shape index (κ3) is 3.32. The van der Waals surface area contributed by atoms with Crippen molar-refractivity contribution in [2.75, 3.05) is 7.11 Å². The molecule has 1 amide bonds. The molecule has 0 aliphatic heterocycles. The second-order valence-corrected chi connectivity index (χ2v) is 4.58. The molecule has 1 N–H and O–H groups in total.